The Morgan fingerprint density at radius 3 is 2.88 bits per heavy atom. The lowest BCUT2D eigenvalue weighted by Crippen LogP contribution is -2.34. The molecule has 1 saturated heterocycles. The molecular formula is C19H29N3O2. The normalized spacial score (nSPS) is 16.7. The Labute approximate surface area is 145 Å². The molecule has 1 aromatic heterocycles. The Morgan fingerprint density at radius 1 is 1.50 bits per heavy atom. The molecule has 1 N–H and O–H groups in total. The predicted octanol–water partition coefficient (Wildman–Crippen LogP) is 2.92. The van der Waals surface area contributed by atoms with Gasteiger partial charge in [0.1, 0.15) is 11.9 Å². The van der Waals surface area contributed by atoms with Gasteiger partial charge in [0.25, 0.3) is 0 Å². The fraction of sp³-hybridized carbons (Fsp3) is 0.579. The summed E-state index contributed by atoms with van der Waals surface area (Å²) in [6.45, 7) is 10.8. The lowest BCUT2D eigenvalue weighted by atomic mass is 9.99. The Morgan fingerprint density at radius 2 is 2.25 bits per heavy atom. The van der Waals surface area contributed by atoms with Gasteiger partial charge >= 0.3 is 0 Å². The third-order valence-corrected chi connectivity index (χ3v) is 4.44. The van der Waals surface area contributed by atoms with Gasteiger partial charge in [0.05, 0.1) is 6.61 Å². The van der Waals surface area contributed by atoms with Crippen LogP contribution in [0.2, 0.25) is 0 Å². The van der Waals surface area contributed by atoms with Crippen LogP contribution in [-0.2, 0) is 16.1 Å². The van der Waals surface area contributed by atoms with Crippen molar-refractivity contribution in [1.29, 1.82) is 0 Å². The Balaban J connectivity index is 1.77. The van der Waals surface area contributed by atoms with Gasteiger partial charge in [0.15, 0.2) is 0 Å². The highest BCUT2D eigenvalue weighted by atomic mass is 16.5. The van der Waals surface area contributed by atoms with Crippen LogP contribution in [0.15, 0.2) is 31.0 Å². The van der Waals surface area contributed by atoms with Gasteiger partial charge in [-0.05, 0) is 43.7 Å². The van der Waals surface area contributed by atoms with Crippen LogP contribution in [0.3, 0.4) is 0 Å². The topological polar surface area (TPSA) is 54.5 Å². The molecule has 132 valence electrons. The molecule has 2 rings (SSSR count). The first-order chi connectivity index (χ1) is 11.6. The highest BCUT2D eigenvalue weighted by molar-refractivity contribution is 5.80. The van der Waals surface area contributed by atoms with Crippen LogP contribution in [0.1, 0.15) is 38.7 Å². The van der Waals surface area contributed by atoms with Gasteiger partial charge in [-0.25, -0.2) is 4.98 Å². The highest BCUT2D eigenvalue weighted by Crippen LogP contribution is 2.21. The lowest BCUT2D eigenvalue weighted by molar-refractivity contribution is -0.131. The van der Waals surface area contributed by atoms with Gasteiger partial charge in [-0.15, -0.1) is 6.58 Å². The second kappa shape index (κ2) is 9.42. The maximum Gasteiger partial charge on any atom is 0.249 e. The van der Waals surface area contributed by atoms with E-state index in [1.54, 1.807) is 13.0 Å². The molecule has 1 atom stereocenters. The summed E-state index contributed by atoms with van der Waals surface area (Å²) < 4.78 is 5.43. The highest BCUT2D eigenvalue weighted by Gasteiger charge is 2.17. The molecular weight excluding hydrogens is 302 g/mol. The summed E-state index contributed by atoms with van der Waals surface area (Å²) >= 11 is 0. The van der Waals surface area contributed by atoms with Crippen molar-refractivity contribution in [3.8, 4) is 0 Å². The van der Waals surface area contributed by atoms with Crippen molar-refractivity contribution in [2.45, 2.75) is 45.8 Å². The summed E-state index contributed by atoms with van der Waals surface area (Å²) in [7, 11) is 0. The van der Waals surface area contributed by atoms with Crippen LogP contribution in [0.5, 0.6) is 0 Å². The summed E-state index contributed by atoms with van der Waals surface area (Å²) in [6, 6.07) is 4.07. The second-order valence-corrected chi connectivity index (χ2v) is 6.50. The smallest absolute Gasteiger partial charge is 0.249 e. The van der Waals surface area contributed by atoms with Crippen LogP contribution < -0.4 is 10.2 Å². The lowest BCUT2D eigenvalue weighted by Gasteiger charge is -2.31. The number of ether oxygens (including phenoxy) is 1. The molecule has 5 nitrogen and oxygen atoms in total. The van der Waals surface area contributed by atoms with Crippen LogP contribution in [0, 0.1) is 5.92 Å². The minimum absolute atomic E-state index is 0.104. The van der Waals surface area contributed by atoms with Crippen molar-refractivity contribution in [3.05, 3.63) is 36.5 Å². The second-order valence-electron chi connectivity index (χ2n) is 6.50. The number of hydrogen-bond acceptors (Lipinski definition) is 4. The number of carbonyl (C=O) groups excluding carboxylic acids is 1. The quantitative estimate of drug-likeness (QED) is 0.588. The molecule has 0 spiro atoms. The van der Waals surface area contributed by atoms with E-state index in [0.717, 1.165) is 36.8 Å². The average Bonchev–Trinajstić information content (AvgIpc) is 2.61. The fourth-order valence-electron chi connectivity index (χ4n) is 2.68. The van der Waals surface area contributed by atoms with E-state index in [1.165, 1.54) is 12.8 Å². The number of pyridine rings is 1. The number of piperidine rings is 1. The van der Waals surface area contributed by atoms with Crippen molar-refractivity contribution >= 4 is 11.7 Å². The van der Waals surface area contributed by atoms with Gasteiger partial charge in [0.2, 0.25) is 5.91 Å². The monoisotopic (exact) mass is 331 g/mol. The van der Waals surface area contributed by atoms with Crippen LogP contribution in [-0.4, -0.2) is 36.7 Å². The molecule has 1 amide bonds. The zero-order chi connectivity index (χ0) is 17.4. The van der Waals surface area contributed by atoms with Crippen molar-refractivity contribution in [2.75, 3.05) is 24.6 Å². The third-order valence-electron chi connectivity index (χ3n) is 4.44. The van der Waals surface area contributed by atoms with E-state index >= 15 is 0 Å². The SMILES string of the molecule is C=CCCOC(C)C(=O)NCc1ccc(N2CCC(C)CC2)nc1. The molecule has 5 heteroatoms. The van der Waals surface area contributed by atoms with E-state index in [4.69, 9.17) is 4.74 Å². The maximum absolute atomic E-state index is 12.0. The number of nitrogens with zero attached hydrogens (tertiary/aromatic N) is 2. The molecule has 0 radical (unpaired) electrons. The van der Waals surface area contributed by atoms with E-state index in [9.17, 15) is 4.79 Å². The van der Waals surface area contributed by atoms with Gasteiger partial charge in [-0.1, -0.05) is 19.1 Å². The molecule has 1 aliphatic rings. The number of amides is 1. The Kier molecular flexibility index (Phi) is 7.25. The Hall–Kier alpha value is -1.88. The first-order valence-corrected chi connectivity index (χ1v) is 8.80. The first-order valence-electron chi connectivity index (χ1n) is 8.80. The van der Waals surface area contributed by atoms with Crippen LogP contribution in [0.4, 0.5) is 5.82 Å². The summed E-state index contributed by atoms with van der Waals surface area (Å²) in [6.07, 6.45) is 6.37. The third kappa shape index (κ3) is 5.64. The van der Waals surface area contributed by atoms with E-state index in [2.05, 4.69) is 28.7 Å². The summed E-state index contributed by atoms with van der Waals surface area (Å²) in [4.78, 5) is 18.8. The number of nitrogens with one attached hydrogen (secondary N) is 1. The predicted molar refractivity (Wildman–Crippen MR) is 96.9 cm³/mol. The van der Waals surface area contributed by atoms with Crippen molar-refractivity contribution < 1.29 is 9.53 Å². The van der Waals surface area contributed by atoms with Crippen molar-refractivity contribution in [1.82, 2.24) is 10.3 Å². The largest absolute Gasteiger partial charge is 0.368 e. The van der Waals surface area contributed by atoms with E-state index < -0.39 is 6.10 Å². The number of aromatic nitrogens is 1. The van der Waals surface area contributed by atoms with E-state index in [0.29, 0.717) is 13.2 Å². The van der Waals surface area contributed by atoms with E-state index in [1.807, 2.05) is 18.3 Å². The van der Waals surface area contributed by atoms with Crippen LogP contribution in [0.25, 0.3) is 0 Å². The minimum Gasteiger partial charge on any atom is -0.368 e. The van der Waals surface area contributed by atoms with Gasteiger partial charge < -0.3 is 15.0 Å². The molecule has 0 aliphatic carbocycles. The zero-order valence-electron chi connectivity index (χ0n) is 14.8. The molecule has 0 saturated carbocycles. The number of hydrogen-bond donors (Lipinski definition) is 1. The molecule has 2 heterocycles. The summed E-state index contributed by atoms with van der Waals surface area (Å²) in [5.74, 6) is 1.73. The first kappa shape index (κ1) is 18.5. The van der Waals surface area contributed by atoms with Crippen LogP contribution >= 0.6 is 0 Å². The number of rotatable bonds is 8. The molecule has 24 heavy (non-hydrogen) atoms. The Bertz CT molecular complexity index is 522. The number of carbonyl (C=O) groups is 1. The van der Waals surface area contributed by atoms with Gasteiger partial charge in [0, 0.05) is 25.8 Å². The average molecular weight is 331 g/mol. The molecule has 0 aromatic carbocycles. The standard InChI is InChI=1S/C19H29N3O2/c1-4-5-12-24-16(3)19(23)21-14-17-6-7-18(20-13-17)22-10-8-15(2)9-11-22/h4,6-7,13,15-16H,1,5,8-12,14H2,2-3H3,(H,21,23). The molecule has 1 aromatic rings. The van der Waals surface area contributed by atoms with Gasteiger partial charge in [-0.3, -0.25) is 4.79 Å². The zero-order valence-corrected chi connectivity index (χ0v) is 14.8. The molecule has 1 fully saturated rings. The van der Waals surface area contributed by atoms with Crippen molar-refractivity contribution in [3.63, 3.8) is 0 Å². The van der Waals surface area contributed by atoms with Gasteiger partial charge in [-0.2, -0.15) is 0 Å². The minimum atomic E-state index is -0.451. The molecule has 1 aliphatic heterocycles. The summed E-state index contributed by atoms with van der Waals surface area (Å²) in [5, 5.41) is 2.89. The molecule has 0 bridgehead atoms. The fourth-order valence-corrected chi connectivity index (χ4v) is 2.68. The maximum atomic E-state index is 12.0. The molecule has 1 unspecified atom stereocenters. The van der Waals surface area contributed by atoms with E-state index in [-0.39, 0.29) is 5.91 Å². The van der Waals surface area contributed by atoms with Crippen molar-refractivity contribution in [2.24, 2.45) is 5.92 Å². The summed E-state index contributed by atoms with van der Waals surface area (Å²) in [5.41, 5.74) is 0.996. The number of anilines is 1.